The molecule has 1 amide bonds. The minimum atomic E-state index is 0.0795. The van der Waals surface area contributed by atoms with Crippen molar-refractivity contribution in [2.24, 2.45) is 0 Å². The number of amides is 1. The fourth-order valence-electron chi connectivity index (χ4n) is 4.79. The number of carbonyl (C=O) groups excluding carboxylic acids is 1. The smallest absolute Gasteiger partial charge is 0.274 e. The normalized spacial score (nSPS) is 25.7. The predicted octanol–water partition coefficient (Wildman–Crippen LogP) is 2.19. The number of rotatable bonds is 2. The molecule has 27 heavy (non-hydrogen) atoms. The fourth-order valence-corrected chi connectivity index (χ4v) is 4.79. The number of benzene rings is 1. The van der Waals surface area contributed by atoms with Gasteiger partial charge in [-0.1, -0.05) is 30.3 Å². The lowest BCUT2D eigenvalue weighted by molar-refractivity contribution is -0.0771. The number of ether oxygens (including phenoxy) is 1. The molecule has 1 N–H and O–H groups in total. The van der Waals surface area contributed by atoms with Crippen molar-refractivity contribution in [3.05, 3.63) is 52.8 Å². The van der Waals surface area contributed by atoms with Crippen LogP contribution < -0.4 is 0 Å². The third-order valence-electron chi connectivity index (χ3n) is 6.25. The number of nitrogens with one attached hydrogen (secondary N) is 1. The Kier molecular flexibility index (Phi) is 4.45. The Labute approximate surface area is 159 Å². The molecule has 2 aliphatic heterocycles. The molecule has 2 saturated heterocycles. The monoisotopic (exact) mass is 366 g/mol. The van der Waals surface area contributed by atoms with Crippen LogP contribution >= 0.6 is 0 Å². The number of aromatic amines is 1. The number of H-pyrrole nitrogens is 1. The first-order valence-electron chi connectivity index (χ1n) is 10.0. The number of fused-ring (bicyclic) bond motifs is 2. The highest BCUT2D eigenvalue weighted by molar-refractivity contribution is 5.94. The summed E-state index contributed by atoms with van der Waals surface area (Å²) >= 11 is 0. The van der Waals surface area contributed by atoms with Crippen LogP contribution in [0.4, 0.5) is 0 Å². The Balaban J connectivity index is 1.32. The van der Waals surface area contributed by atoms with Gasteiger partial charge < -0.3 is 9.64 Å². The van der Waals surface area contributed by atoms with E-state index in [-0.39, 0.29) is 18.0 Å². The Hall–Kier alpha value is -2.18. The van der Waals surface area contributed by atoms with E-state index in [0.717, 1.165) is 50.2 Å². The van der Waals surface area contributed by atoms with E-state index in [2.05, 4.69) is 39.4 Å². The van der Waals surface area contributed by atoms with Crippen LogP contribution in [0.5, 0.6) is 0 Å². The molecule has 3 heterocycles. The quantitative estimate of drug-likeness (QED) is 0.885. The molecule has 0 bridgehead atoms. The van der Waals surface area contributed by atoms with Gasteiger partial charge in [0.1, 0.15) is 0 Å². The van der Waals surface area contributed by atoms with Gasteiger partial charge in [-0.3, -0.25) is 14.8 Å². The summed E-state index contributed by atoms with van der Waals surface area (Å²) < 4.78 is 5.91. The molecule has 1 aromatic carbocycles. The third-order valence-corrected chi connectivity index (χ3v) is 6.25. The summed E-state index contributed by atoms with van der Waals surface area (Å²) in [5.41, 5.74) is 4.25. The maximum absolute atomic E-state index is 13.1. The van der Waals surface area contributed by atoms with Gasteiger partial charge in [0, 0.05) is 30.9 Å². The van der Waals surface area contributed by atoms with Crippen LogP contribution in [0, 0.1) is 0 Å². The van der Waals surface area contributed by atoms with Crippen LogP contribution in [0.15, 0.2) is 30.3 Å². The molecule has 0 radical (unpaired) electrons. The Morgan fingerprint density at radius 1 is 1.11 bits per heavy atom. The Morgan fingerprint density at radius 2 is 1.96 bits per heavy atom. The lowest BCUT2D eigenvalue weighted by Gasteiger charge is -2.48. The van der Waals surface area contributed by atoms with Gasteiger partial charge in [-0.05, 0) is 31.2 Å². The zero-order valence-corrected chi connectivity index (χ0v) is 15.6. The van der Waals surface area contributed by atoms with Crippen molar-refractivity contribution in [3.8, 4) is 0 Å². The summed E-state index contributed by atoms with van der Waals surface area (Å²) in [7, 11) is 0. The van der Waals surface area contributed by atoms with E-state index < -0.39 is 0 Å². The summed E-state index contributed by atoms with van der Waals surface area (Å²) in [4.78, 5) is 17.6. The van der Waals surface area contributed by atoms with Gasteiger partial charge in [-0.2, -0.15) is 5.10 Å². The number of aromatic nitrogens is 2. The molecule has 2 atom stereocenters. The molecule has 2 aromatic rings. The number of morpholine rings is 1. The highest BCUT2D eigenvalue weighted by Gasteiger charge is 2.38. The van der Waals surface area contributed by atoms with Crippen LogP contribution in [0.1, 0.15) is 46.2 Å². The summed E-state index contributed by atoms with van der Waals surface area (Å²) in [5, 5.41) is 7.48. The average Bonchev–Trinajstić information content (AvgIpc) is 3.17. The molecular weight excluding hydrogens is 340 g/mol. The first kappa shape index (κ1) is 17.0. The maximum atomic E-state index is 13.1. The first-order valence-corrected chi connectivity index (χ1v) is 10.0. The van der Waals surface area contributed by atoms with Crippen LogP contribution in [-0.2, 0) is 17.6 Å². The molecule has 6 heteroatoms. The first-order chi connectivity index (χ1) is 13.3. The fraction of sp³-hybridized carbons (Fsp3) is 0.524. The highest BCUT2D eigenvalue weighted by Crippen LogP contribution is 2.30. The number of piperazine rings is 1. The largest absolute Gasteiger partial charge is 0.378 e. The minimum Gasteiger partial charge on any atom is -0.378 e. The SMILES string of the molecule is O=C(c1n[nH]c2c1CCCC2)N1CCN2[C@@H](COC[C@@H]2c2ccccc2)C1. The molecular formula is C21H26N4O2. The number of carbonyl (C=O) groups is 1. The van der Waals surface area contributed by atoms with E-state index in [1.54, 1.807) is 0 Å². The second-order valence-corrected chi connectivity index (χ2v) is 7.84. The van der Waals surface area contributed by atoms with Gasteiger partial charge in [0.2, 0.25) is 0 Å². The standard InChI is InChI=1S/C21H26N4O2/c26-21(20-17-8-4-5-9-18(17)22-23-20)24-10-11-25-16(12-24)13-27-14-19(25)15-6-2-1-3-7-15/h1-3,6-7,16,19H,4-5,8-14H2,(H,22,23)/t16-,19-/m1/s1. The Bertz CT molecular complexity index is 819. The van der Waals surface area contributed by atoms with E-state index in [1.807, 2.05) is 11.0 Å². The topological polar surface area (TPSA) is 61.5 Å². The lowest BCUT2D eigenvalue weighted by Crippen LogP contribution is -2.60. The third kappa shape index (κ3) is 3.07. The number of hydrogen-bond acceptors (Lipinski definition) is 4. The zero-order chi connectivity index (χ0) is 18.2. The molecule has 1 aromatic heterocycles. The predicted molar refractivity (Wildman–Crippen MR) is 102 cm³/mol. The molecule has 2 fully saturated rings. The lowest BCUT2D eigenvalue weighted by atomic mass is 9.95. The van der Waals surface area contributed by atoms with Crippen LogP contribution in [0.3, 0.4) is 0 Å². The molecule has 5 rings (SSSR count). The van der Waals surface area contributed by atoms with E-state index in [1.165, 1.54) is 12.0 Å². The molecule has 0 spiro atoms. The van der Waals surface area contributed by atoms with Crippen LogP contribution in [0.25, 0.3) is 0 Å². The molecule has 0 unspecified atom stereocenters. The van der Waals surface area contributed by atoms with E-state index in [4.69, 9.17) is 4.74 Å². The van der Waals surface area contributed by atoms with Crippen molar-refractivity contribution in [2.45, 2.75) is 37.8 Å². The number of nitrogens with zero attached hydrogens (tertiary/aromatic N) is 3. The average molecular weight is 366 g/mol. The zero-order valence-electron chi connectivity index (χ0n) is 15.6. The van der Waals surface area contributed by atoms with Gasteiger partial charge in [-0.25, -0.2) is 0 Å². The highest BCUT2D eigenvalue weighted by atomic mass is 16.5. The molecule has 142 valence electrons. The van der Waals surface area contributed by atoms with Crippen molar-refractivity contribution in [1.29, 1.82) is 0 Å². The summed E-state index contributed by atoms with van der Waals surface area (Å²) in [6, 6.07) is 11.1. The molecule has 1 aliphatic carbocycles. The van der Waals surface area contributed by atoms with Crippen molar-refractivity contribution in [1.82, 2.24) is 20.0 Å². The number of hydrogen-bond donors (Lipinski definition) is 1. The second kappa shape index (κ2) is 7.09. The number of aryl methyl sites for hydroxylation is 1. The van der Waals surface area contributed by atoms with Crippen molar-refractivity contribution >= 4 is 5.91 Å². The molecule has 6 nitrogen and oxygen atoms in total. The maximum Gasteiger partial charge on any atom is 0.274 e. The van der Waals surface area contributed by atoms with E-state index in [0.29, 0.717) is 18.8 Å². The van der Waals surface area contributed by atoms with Crippen LogP contribution in [-0.4, -0.2) is 64.8 Å². The van der Waals surface area contributed by atoms with Gasteiger partial charge >= 0.3 is 0 Å². The van der Waals surface area contributed by atoms with E-state index in [9.17, 15) is 4.79 Å². The summed E-state index contributed by atoms with van der Waals surface area (Å²) in [6.07, 6.45) is 4.31. The summed E-state index contributed by atoms with van der Waals surface area (Å²) in [5.74, 6) is 0.0795. The van der Waals surface area contributed by atoms with Crippen LogP contribution in [0.2, 0.25) is 0 Å². The molecule has 0 saturated carbocycles. The summed E-state index contributed by atoms with van der Waals surface area (Å²) in [6.45, 7) is 3.75. The van der Waals surface area contributed by atoms with Gasteiger partial charge in [0.05, 0.1) is 25.3 Å². The van der Waals surface area contributed by atoms with Gasteiger partial charge in [0.15, 0.2) is 5.69 Å². The van der Waals surface area contributed by atoms with Crippen molar-refractivity contribution < 1.29 is 9.53 Å². The Morgan fingerprint density at radius 3 is 2.85 bits per heavy atom. The van der Waals surface area contributed by atoms with Crippen molar-refractivity contribution in [2.75, 3.05) is 32.8 Å². The van der Waals surface area contributed by atoms with Crippen molar-refractivity contribution in [3.63, 3.8) is 0 Å². The minimum absolute atomic E-state index is 0.0795. The van der Waals surface area contributed by atoms with Gasteiger partial charge in [-0.15, -0.1) is 0 Å². The van der Waals surface area contributed by atoms with Gasteiger partial charge in [0.25, 0.3) is 5.91 Å². The second-order valence-electron chi connectivity index (χ2n) is 7.84. The molecule has 3 aliphatic rings. The van der Waals surface area contributed by atoms with E-state index >= 15 is 0 Å².